The van der Waals surface area contributed by atoms with Crippen LogP contribution in [-0.2, 0) is 9.59 Å². The molecule has 21 heavy (non-hydrogen) atoms. The Hall–Kier alpha value is -1.95. The van der Waals surface area contributed by atoms with Gasteiger partial charge in [-0.3, -0.25) is 14.5 Å². The van der Waals surface area contributed by atoms with Crippen LogP contribution in [-0.4, -0.2) is 28.4 Å². The molecule has 1 saturated heterocycles. The Morgan fingerprint density at radius 3 is 2.90 bits per heavy atom. The zero-order chi connectivity index (χ0) is 15.2. The van der Waals surface area contributed by atoms with Crippen molar-refractivity contribution < 1.29 is 9.59 Å². The average molecular weight is 303 g/mol. The summed E-state index contributed by atoms with van der Waals surface area (Å²) in [5.74, 6) is -0.190. The number of aromatic nitrogens is 1. The molecule has 0 saturated carbocycles. The van der Waals surface area contributed by atoms with Crippen LogP contribution in [0.4, 0.5) is 5.69 Å². The number of amides is 2. The molecule has 1 aromatic carbocycles. The molecule has 3 rings (SSSR count). The van der Waals surface area contributed by atoms with E-state index in [2.05, 4.69) is 10.3 Å². The summed E-state index contributed by atoms with van der Waals surface area (Å²) in [4.78, 5) is 30.8. The number of carbonyl (C=O) groups excluding carboxylic acids is 2. The maximum absolute atomic E-state index is 12.8. The topological polar surface area (TPSA) is 62.3 Å². The van der Waals surface area contributed by atoms with Crippen LogP contribution in [0.15, 0.2) is 23.7 Å². The molecule has 110 valence electrons. The molecule has 1 N–H and O–H groups in total. The summed E-state index contributed by atoms with van der Waals surface area (Å²) in [6.45, 7) is 5.43. The third-order valence-electron chi connectivity index (χ3n) is 4.16. The Balaban J connectivity index is 2.08. The van der Waals surface area contributed by atoms with E-state index in [-0.39, 0.29) is 11.8 Å². The highest BCUT2D eigenvalue weighted by Crippen LogP contribution is 2.30. The van der Waals surface area contributed by atoms with Crippen molar-refractivity contribution in [3.63, 3.8) is 0 Å². The summed E-state index contributed by atoms with van der Waals surface area (Å²) in [5.41, 5.74) is 2.59. The maximum atomic E-state index is 12.8. The van der Waals surface area contributed by atoms with Gasteiger partial charge in [-0.2, -0.15) is 0 Å². The number of hydrogen-bond donors (Lipinski definition) is 1. The van der Waals surface area contributed by atoms with Gasteiger partial charge in [0.05, 0.1) is 15.7 Å². The van der Waals surface area contributed by atoms with Crippen LogP contribution in [0.3, 0.4) is 0 Å². The predicted octanol–water partition coefficient (Wildman–Crippen LogP) is 2.32. The van der Waals surface area contributed by atoms with Crippen LogP contribution < -0.4 is 10.2 Å². The first kappa shape index (κ1) is 14.0. The van der Waals surface area contributed by atoms with Crippen molar-refractivity contribution in [3.8, 4) is 0 Å². The van der Waals surface area contributed by atoms with Crippen molar-refractivity contribution in [2.24, 2.45) is 0 Å². The zero-order valence-corrected chi connectivity index (χ0v) is 13.0. The number of piperazine rings is 1. The summed E-state index contributed by atoms with van der Waals surface area (Å²) in [5, 5.41) is 2.83. The van der Waals surface area contributed by atoms with E-state index in [1.54, 1.807) is 24.3 Å². The van der Waals surface area contributed by atoms with Gasteiger partial charge in [-0.1, -0.05) is 6.92 Å². The summed E-state index contributed by atoms with van der Waals surface area (Å²) in [6, 6.07) is 5.15. The second-order valence-corrected chi connectivity index (χ2v) is 6.42. The van der Waals surface area contributed by atoms with Gasteiger partial charge in [0.15, 0.2) is 0 Å². The smallest absolute Gasteiger partial charge is 0.253 e. The second-order valence-electron chi connectivity index (χ2n) is 5.53. The molecule has 0 radical (unpaired) electrons. The number of nitrogens with one attached hydrogen (secondary N) is 1. The molecule has 0 bridgehead atoms. The van der Waals surface area contributed by atoms with E-state index in [1.165, 1.54) is 11.3 Å². The molecule has 0 spiro atoms. The molecule has 2 atom stereocenters. The van der Waals surface area contributed by atoms with E-state index in [9.17, 15) is 9.59 Å². The van der Waals surface area contributed by atoms with E-state index < -0.39 is 11.6 Å². The third kappa shape index (κ3) is 2.10. The van der Waals surface area contributed by atoms with Crippen molar-refractivity contribution in [2.45, 2.75) is 38.8 Å². The van der Waals surface area contributed by atoms with Crippen molar-refractivity contribution in [3.05, 3.63) is 23.7 Å². The first-order chi connectivity index (χ1) is 9.96. The molecule has 5 nitrogen and oxygen atoms in total. The first-order valence-corrected chi connectivity index (χ1v) is 7.83. The Bertz CT molecular complexity index is 727. The average Bonchev–Trinajstić information content (AvgIpc) is 2.93. The Morgan fingerprint density at radius 1 is 1.43 bits per heavy atom. The summed E-state index contributed by atoms with van der Waals surface area (Å²) in [7, 11) is 0. The van der Waals surface area contributed by atoms with E-state index >= 15 is 0 Å². The van der Waals surface area contributed by atoms with Gasteiger partial charge in [-0.05, 0) is 38.5 Å². The lowest BCUT2D eigenvalue weighted by Crippen LogP contribution is -2.68. The van der Waals surface area contributed by atoms with Crippen LogP contribution in [0, 0.1) is 0 Å². The van der Waals surface area contributed by atoms with Crippen LogP contribution in [0.1, 0.15) is 27.2 Å². The van der Waals surface area contributed by atoms with E-state index in [0.717, 1.165) is 15.9 Å². The standard InChI is InChI=1S/C15H17N3O2S/c1-4-15(3)14(20)18(9(2)13(19)17-15)10-5-6-11-12(7-10)21-8-16-11/h5-9H,4H2,1-3H3,(H,17,19). The van der Waals surface area contributed by atoms with Gasteiger partial charge in [-0.25, -0.2) is 4.98 Å². The van der Waals surface area contributed by atoms with Gasteiger partial charge >= 0.3 is 0 Å². The largest absolute Gasteiger partial charge is 0.340 e. The summed E-state index contributed by atoms with van der Waals surface area (Å²) >= 11 is 1.52. The molecule has 2 unspecified atom stereocenters. The fourth-order valence-electron chi connectivity index (χ4n) is 2.56. The molecule has 2 heterocycles. The molecule has 0 aliphatic carbocycles. The lowest BCUT2D eigenvalue weighted by Gasteiger charge is -2.42. The Labute approximate surface area is 127 Å². The number of hydrogen-bond acceptors (Lipinski definition) is 4. The van der Waals surface area contributed by atoms with Crippen LogP contribution in [0.5, 0.6) is 0 Å². The van der Waals surface area contributed by atoms with Crippen molar-refractivity contribution >= 4 is 39.1 Å². The first-order valence-electron chi connectivity index (χ1n) is 6.95. The van der Waals surface area contributed by atoms with Crippen LogP contribution in [0.2, 0.25) is 0 Å². The molecule has 1 aliphatic heterocycles. The minimum atomic E-state index is -0.841. The molecule has 2 amide bonds. The highest BCUT2D eigenvalue weighted by atomic mass is 32.1. The molecule has 2 aromatic rings. The van der Waals surface area contributed by atoms with Gasteiger partial charge in [0.1, 0.15) is 11.6 Å². The molecule has 1 aliphatic rings. The lowest BCUT2D eigenvalue weighted by molar-refractivity contribution is -0.137. The van der Waals surface area contributed by atoms with Crippen molar-refractivity contribution in [1.82, 2.24) is 10.3 Å². The van der Waals surface area contributed by atoms with E-state index in [0.29, 0.717) is 6.42 Å². The molecule has 6 heteroatoms. The lowest BCUT2D eigenvalue weighted by atomic mass is 9.92. The number of thiazole rings is 1. The van der Waals surface area contributed by atoms with Crippen LogP contribution >= 0.6 is 11.3 Å². The predicted molar refractivity (Wildman–Crippen MR) is 83.4 cm³/mol. The number of benzene rings is 1. The number of rotatable bonds is 2. The highest BCUT2D eigenvalue weighted by molar-refractivity contribution is 7.16. The minimum Gasteiger partial charge on any atom is -0.340 e. The molecular weight excluding hydrogens is 286 g/mol. The fraction of sp³-hybridized carbons (Fsp3) is 0.400. The minimum absolute atomic E-state index is 0.0686. The summed E-state index contributed by atoms with van der Waals surface area (Å²) < 4.78 is 1.01. The molecule has 1 aromatic heterocycles. The highest BCUT2D eigenvalue weighted by Gasteiger charge is 2.45. The number of anilines is 1. The fourth-order valence-corrected chi connectivity index (χ4v) is 3.27. The normalized spacial score (nSPS) is 26.2. The van der Waals surface area contributed by atoms with Gasteiger partial charge in [-0.15, -0.1) is 11.3 Å². The van der Waals surface area contributed by atoms with E-state index in [1.807, 2.05) is 25.1 Å². The molecular formula is C15H17N3O2S. The monoisotopic (exact) mass is 303 g/mol. The van der Waals surface area contributed by atoms with Gasteiger partial charge in [0.2, 0.25) is 5.91 Å². The van der Waals surface area contributed by atoms with Gasteiger partial charge in [0, 0.05) is 5.69 Å². The Kier molecular flexibility index (Phi) is 3.20. The maximum Gasteiger partial charge on any atom is 0.253 e. The number of carbonyl (C=O) groups is 2. The number of fused-ring (bicyclic) bond motifs is 1. The van der Waals surface area contributed by atoms with Gasteiger partial charge in [0.25, 0.3) is 5.91 Å². The van der Waals surface area contributed by atoms with Crippen molar-refractivity contribution in [2.75, 3.05) is 4.90 Å². The second kappa shape index (κ2) is 4.80. The van der Waals surface area contributed by atoms with Gasteiger partial charge < -0.3 is 5.32 Å². The van der Waals surface area contributed by atoms with Crippen molar-refractivity contribution in [1.29, 1.82) is 0 Å². The molecule has 1 fully saturated rings. The SMILES string of the molecule is CCC1(C)NC(=O)C(C)N(c2ccc3ncsc3c2)C1=O. The van der Waals surface area contributed by atoms with E-state index in [4.69, 9.17) is 0 Å². The Morgan fingerprint density at radius 2 is 2.19 bits per heavy atom. The zero-order valence-electron chi connectivity index (χ0n) is 12.2. The summed E-state index contributed by atoms with van der Waals surface area (Å²) in [6.07, 6.45) is 0.559. The quantitative estimate of drug-likeness (QED) is 0.926. The third-order valence-corrected chi connectivity index (χ3v) is 4.95. The van der Waals surface area contributed by atoms with Crippen LogP contribution in [0.25, 0.3) is 10.2 Å². The number of nitrogens with zero attached hydrogens (tertiary/aromatic N) is 2.